The van der Waals surface area contributed by atoms with Crippen molar-refractivity contribution in [3.8, 4) is 0 Å². The molecule has 23 heavy (non-hydrogen) atoms. The van der Waals surface area contributed by atoms with Gasteiger partial charge in [0.1, 0.15) is 6.54 Å². The second kappa shape index (κ2) is 6.87. The first-order valence-corrected chi connectivity index (χ1v) is 8.81. The Kier molecular flexibility index (Phi) is 4.67. The van der Waals surface area contributed by atoms with Crippen LogP contribution in [0.25, 0.3) is 11.0 Å². The monoisotopic (exact) mass is 325 g/mol. The average Bonchev–Trinajstić information content (AvgIpc) is 2.94. The molecule has 3 aromatic rings. The van der Waals surface area contributed by atoms with Crippen LogP contribution in [0, 0.1) is 0 Å². The van der Waals surface area contributed by atoms with Crippen molar-refractivity contribution in [2.75, 3.05) is 17.7 Å². The molecule has 1 aromatic heterocycles. The van der Waals surface area contributed by atoms with Gasteiger partial charge in [0.2, 0.25) is 5.91 Å². The second-order valence-electron chi connectivity index (χ2n) is 5.15. The van der Waals surface area contributed by atoms with E-state index in [2.05, 4.69) is 4.98 Å². The third-order valence-corrected chi connectivity index (χ3v) is 4.46. The molecular formula is C18H19N3OS. The summed E-state index contributed by atoms with van der Waals surface area (Å²) in [5.41, 5.74) is 2.84. The highest BCUT2D eigenvalue weighted by Crippen LogP contribution is 2.23. The van der Waals surface area contributed by atoms with E-state index in [1.807, 2.05) is 72.3 Å². The van der Waals surface area contributed by atoms with Gasteiger partial charge in [-0.05, 0) is 37.4 Å². The van der Waals surface area contributed by atoms with Crippen LogP contribution in [0.3, 0.4) is 0 Å². The maximum absolute atomic E-state index is 12.8. The molecule has 0 N–H and O–H groups in total. The van der Waals surface area contributed by atoms with Crippen molar-refractivity contribution in [2.24, 2.45) is 0 Å². The Morgan fingerprint density at radius 2 is 1.83 bits per heavy atom. The van der Waals surface area contributed by atoms with Gasteiger partial charge in [-0.15, -0.1) is 0 Å². The van der Waals surface area contributed by atoms with E-state index in [0.29, 0.717) is 13.1 Å². The van der Waals surface area contributed by atoms with Gasteiger partial charge in [-0.1, -0.05) is 42.1 Å². The van der Waals surface area contributed by atoms with Crippen LogP contribution in [0.15, 0.2) is 59.8 Å². The van der Waals surface area contributed by atoms with Crippen molar-refractivity contribution in [1.82, 2.24) is 9.55 Å². The van der Waals surface area contributed by atoms with Gasteiger partial charge in [0.25, 0.3) is 0 Å². The number of amides is 1. The SMILES string of the molecule is CCN(C(=O)Cn1c(SC)nc2ccccc21)c1ccccc1. The summed E-state index contributed by atoms with van der Waals surface area (Å²) >= 11 is 1.56. The molecule has 4 nitrogen and oxygen atoms in total. The molecule has 0 unspecified atom stereocenters. The van der Waals surface area contributed by atoms with Crippen LogP contribution in [0.4, 0.5) is 5.69 Å². The van der Waals surface area contributed by atoms with Crippen LogP contribution in [-0.4, -0.2) is 28.3 Å². The first kappa shape index (κ1) is 15.6. The molecule has 3 rings (SSSR count). The summed E-state index contributed by atoms with van der Waals surface area (Å²) in [5.74, 6) is 0.0668. The predicted molar refractivity (Wildman–Crippen MR) is 96.0 cm³/mol. The van der Waals surface area contributed by atoms with Crippen molar-refractivity contribution in [3.63, 3.8) is 0 Å². The van der Waals surface area contributed by atoms with Crippen molar-refractivity contribution in [3.05, 3.63) is 54.6 Å². The molecule has 0 bridgehead atoms. The van der Waals surface area contributed by atoms with Crippen molar-refractivity contribution in [2.45, 2.75) is 18.6 Å². The lowest BCUT2D eigenvalue weighted by molar-refractivity contribution is -0.119. The van der Waals surface area contributed by atoms with Gasteiger partial charge in [-0.2, -0.15) is 0 Å². The van der Waals surface area contributed by atoms with Gasteiger partial charge in [0.05, 0.1) is 11.0 Å². The molecule has 0 fully saturated rings. The molecule has 0 aliphatic carbocycles. The molecule has 0 aliphatic rings. The van der Waals surface area contributed by atoms with E-state index in [1.54, 1.807) is 16.7 Å². The number of anilines is 1. The van der Waals surface area contributed by atoms with Crippen LogP contribution in [0.2, 0.25) is 0 Å². The van der Waals surface area contributed by atoms with E-state index in [-0.39, 0.29) is 5.91 Å². The molecule has 0 saturated heterocycles. The fourth-order valence-electron chi connectivity index (χ4n) is 2.69. The Labute approximate surface area is 140 Å². The number of hydrogen-bond acceptors (Lipinski definition) is 3. The van der Waals surface area contributed by atoms with Gasteiger partial charge in [-0.25, -0.2) is 4.98 Å². The first-order valence-electron chi connectivity index (χ1n) is 7.59. The molecule has 1 amide bonds. The summed E-state index contributed by atoms with van der Waals surface area (Å²) < 4.78 is 1.99. The first-order chi connectivity index (χ1) is 11.2. The van der Waals surface area contributed by atoms with Crippen molar-refractivity contribution >= 4 is 34.4 Å². The summed E-state index contributed by atoms with van der Waals surface area (Å²) in [4.78, 5) is 19.2. The highest BCUT2D eigenvalue weighted by atomic mass is 32.2. The summed E-state index contributed by atoms with van der Waals surface area (Å²) in [6.45, 7) is 2.93. The number of carbonyl (C=O) groups excluding carboxylic acids is 1. The fraction of sp³-hybridized carbons (Fsp3) is 0.222. The number of rotatable bonds is 5. The minimum absolute atomic E-state index is 0.0668. The molecule has 118 valence electrons. The molecule has 5 heteroatoms. The number of thioether (sulfide) groups is 1. The van der Waals surface area contributed by atoms with E-state index in [1.165, 1.54) is 0 Å². The van der Waals surface area contributed by atoms with E-state index in [9.17, 15) is 4.79 Å². The summed E-state index contributed by atoms with van der Waals surface area (Å²) in [6, 6.07) is 17.7. The molecular weight excluding hydrogens is 306 g/mol. The quantitative estimate of drug-likeness (QED) is 0.670. The summed E-state index contributed by atoms with van der Waals surface area (Å²) in [7, 11) is 0. The molecule has 2 aromatic carbocycles. The zero-order valence-electron chi connectivity index (χ0n) is 13.3. The second-order valence-corrected chi connectivity index (χ2v) is 5.92. The van der Waals surface area contributed by atoms with E-state index in [4.69, 9.17) is 0 Å². The summed E-state index contributed by atoms with van der Waals surface area (Å²) in [6.07, 6.45) is 1.98. The third kappa shape index (κ3) is 3.10. The smallest absolute Gasteiger partial charge is 0.247 e. The summed E-state index contributed by atoms with van der Waals surface area (Å²) in [5, 5.41) is 0.865. The number of carbonyl (C=O) groups is 1. The van der Waals surface area contributed by atoms with Gasteiger partial charge in [-0.3, -0.25) is 4.79 Å². The van der Waals surface area contributed by atoms with Crippen LogP contribution < -0.4 is 4.90 Å². The fourth-order valence-corrected chi connectivity index (χ4v) is 3.27. The minimum atomic E-state index is 0.0668. The van der Waals surface area contributed by atoms with Crippen molar-refractivity contribution in [1.29, 1.82) is 0 Å². The molecule has 0 spiro atoms. The normalized spacial score (nSPS) is 10.9. The lowest BCUT2D eigenvalue weighted by atomic mass is 10.2. The highest BCUT2D eigenvalue weighted by Gasteiger charge is 2.18. The van der Waals surface area contributed by atoms with Gasteiger partial charge < -0.3 is 9.47 Å². The number of benzene rings is 2. The Balaban J connectivity index is 1.93. The van der Waals surface area contributed by atoms with Crippen LogP contribution >= 0.6 is 11.8 Å². The average molecular weight is 325 g/mol. The molecule has 0 saturated carbocycles. The number of nitrogens with zero attached hydrogens (tertiary/aromatic N) is 3. The Morgan fingerprint density at radius 1 is 1.13 bits per heavy atom. The van der Waals surface area contributed by atoms with Crippen molar-refractivity contribution < 1.29 is 4.79 Å². The van der Waals surface area contributed by atoms with Gasteiger partial charge in [0.15, 0.2) is 5.16 Å². The number of fused-ring (bicyclic) bond motifs is 1. The van der Waals surface area contributed by atoms with Crippen LogP contribution in [-0.2, 0) is 11.3 Å². The number of para-hydroxylation sites is 3. The largest absolute Gasteiger partial charge is 0.311 e. The number of likely N-dealkylation sites (N-methyl/N-ethyl adjacent to an activating group) is 1. The number of hydrogen-bond donors (Lipinski definition) is 0. The van der Waals surface area contributed by atoms with Crippen LogP contribution in [0.5, 0.6) is 0 Å². The zero-order chi connectivity index (χ0) is 16.2. The van der Waals surface area contributed by atoms with Gasteiger partial charge >= 0.3 is 0 Å². The predicted octanol–water partition coefficient (Wildman–Crippen LogP) is 3.81. The topological polar surface area (TPSA) is 38.1 Å². The Bertz CT molecular complexity index is 814. The molecule has 0 radical (unpaired) electrons. The molecule has 0 atom stereocenters. The van der Waals surface area contributed by atoms with Crippen LogP contribution in [0.1, 0.15) is 6.92 Å². The Hall–Kier alpha value is -2.27. The standard InChI is InChI=1S/C18H19N3OS/c1-3-20(14-9-5-4-6-10-14)17(22)13-21-16-12-8-7-11-15(16)19-18(21)23-2/h4-12H,3,13H2,1-2H3. The highest BCUT2D eigenvalue weighted by molar-refractivity contribution is 7.98. The van der Waals surface area contributed by atoms with E-state index < -0.39 is 0 Å². The van der Waals surface area contributed by atoms with Gasteiger partial charge in [0, 0.05) is 12.2 Å². The molecule has 1 heterocycles. The lowest BCUT2D eigenvalue weighted by Gasteiger charge is -2.21. The molecule has 0 aliphatic heterocycles. The number of imidazole rings is 1. The third-order valence-electron chi connectivity index (χ3n) is 3.78. The number of aromatic nitrogens is 2. The zero-order valence-corrected chi connectivity index (χ0v) is 14.1. The minimum Gasteiger partial charge on any atom is -0.311 e. The lowest BCUT2D eigenvalue weighted by Crippen LogP contribution is -2.33. The maximum Gasteiger partial charge on any atom is 0.247 e. The van der Waals surface area contributed by atoms with E-state index in [0.717, 1.165) is 21.9 Å². The maximum atomic E-state index is 12.8. The Morgan fingerprint density at radius 3 is 2.52 bits per heavy atom. The van der Waals surface area contributed by atoms with E-state index >= 15 is 0 Å².